The van der Waals surface area contributed by atoms with Crippen LogP contribution in [0.5, 0.6) is 5.75 Å². The number of cyclic esters (lactones) is 1. The molecule has 1 heterocycles. The lowest BCUT2D eigenvalue weighted by Gasteiger charge is -2.31. The second-order valence-electron chi connectivity index (χ2n) is 7.28. The summed E-state index contributed by atoms with van der Waals surface area (Å²) in [6.07, 6.45) is 1.60. The van der Waals surface area contributed by atoms with Crippen molar-refractivity contribution in [1.29, 1.82) is 0 Å². The first-order valence-electron chi connectivity index (χ1n) is 9.33. The van der Waals surface area contributed by atoms with Crippen LogP contribution in [-0.2, 0) is 19.1 Å². The second-order valence-corrected chi connectivity index (χ2v) is 7.28. The summed E-state index contributed by atoms with van der Waals surface area (Å²) in [6.45, 7) is 4.93. The zero-order chi connectivity index (χ0) is 21.3. The number of benzene rings is 1. The van der Waals surface area contributed by atoms with Crippen LogP contribution >= 0.6 is 0 Å². The van der Waals surface area contributed by atoms with Gasteiger partial charge >= 0.3 is 5.97 Å². The third-order valence-electron chi connectivity index (χ3n) is 4.63. The summed E-state index contributed by atoms with van der Waals surface area (Å²) in [5.41, 5.74) is 0.0955. The van der Waals surface area contributed by atoms with Crippen molar-refractivity contribution < 1.29 is 33.4 Å². The minimum Gasteiger partial charge on any atom is -0.496 e. The molecule has 0 atom stereocenters. The lowest BCUT2D eigenvalue weighted by Crippen LogP contribution is -2.35. The van der Waals surface area contributed by atoms with Gasteiger partial charge in [0.25, 0.3) is 0 Å². The molecule has 0 amide bonds. The van der Waals surface area contributed by atoms with Gasteiger partial charge in [-0.1, -0.05) is 19.1 Å². The first kappa shape index (κ1) is 20.5. The monoisotopic (exact) mass is 398 g/mol. The van der Waals surface area contributed by atoms with Crippen molar-refractivity contribution >= 4 is 23.3 Å². The second kappa shape index (κ2) is 7.66. The lowest BCUT2D eigenvalue weighted by atomic mass is 9.79. The fraction of sp³-hybridized carbons (Fsp3) is 0.364. The summed E-state index contributed by atoms with van der Waals surface area (Å²) in [6, 6.07) is 4.70. The van der Waals surface area contributed by atoms with E-state index in [4.69, 9.17) is 14.2 Å². The van der Waals surface area contributed by atoms with E-state index in [0.717, 1.165) is 6.08 Å². The van der Waals surface area contributed by atoms with Crippen molar-refractivity contribution in [1.82, 2.24) is 0 Å². The van der Waals surface area contributed by atoms with E-state index in [1.807, 2.05) is 6.92 Å². The van der Waals surface area contributed by atoms with Crippen molar-refractivity contribution in [2.45, 2.75) is 45.8 Å². The highest BCUT2D eigenvalue weighted by Crippen LogP contribution is 2.37. The number of hydrogen-bond donors (Lipinski definition) is 0. The fourth-order valence-electron chi connectivity index (χ4n) is 3.51. The van der Waals surface area contributed by atoms with E-state index in [0.29, 0.717) is 6.42 Å². The Bertz CT molecular complexity index is 979. The maximum atomic E-state index is 13.2. The standard InChI is InChI=1S/C22H22O7/c1-5-7-15(23)18-14(10-12-11-17(24)29-22(2,3)28-12)20(25)13-8-6-9-16(27-4)19(13)21(18)26/h6,8-9,11H,5,7,10H2,1-4H3. The van der Waals surface area contributed by atoms with Crippen molar-refractivity contribution in [2.75, 3.05) is 7.11 Å². The first-order chi connectivity index (χ1) is 13.7. The Morgan fingerprint density at radius 2 is 1.83 bits per heavy atom. The van der Waals surface area contributed by atoms with E-state index >= 15 is 0 Å². The van der Waals surface area contributed by atoms with Gasteiger partial charge in [0.05, 0.1) is 24.3 Å². The summed E-state index contributed by atoms with van der Waals surface area (Å²) >= 11 is 0. The molecule has 7 nitrogen and oxygen atoms in total. The van der Waals surface area contributed by atoms with Crippen LogP contribution in [0.2, 0.25) is 0 Å². The Labute approximate surface area is 168 Å². The van der Waals surface area contributed by atoms with E-state index in [1.54, 1.807) is 26.0 Å². The summed E-state index contributed by atoms with van der Waals surface area (Å²) in [5.74, 6) is -2.86. The van der Waals surface area contributed by atoms with E-state index in [1.165, 1.54) is 13.2 Å². The molecule has 0 saturated carbocycles. The van der Waals surface area contributed by atoms with E-state index in [2.05, 4.69) is 0 Å². The third-order valence-corrected chi connectivity index (χ3v) is 4.63. The Hall–Kier alpha value is -3.22. The molecule has 1 aromatic rings. The molecule has 0 radical (unpaired) electrons. The molecule has 1 aliphatic heterocycles. The van der Waals surface area contributed by atoms with Gasteiger partial charge in [-0.15, -0.1) is 0 Å². The minimum atomic E-state index is -1.21. The van der Waals surface area contributed by atoms with Crippen molar-refractivity contribution in [3.63, 3.8) is 0 Å². The van der Waals surface area contributed by atoms with Gasteiger partial charge in [0, 0.05) is 37.8 Å². The van der Waals surface area contributed by atoms with E-state index < -0.39 is 29.1 Å². The van der Waals surface area contributed by atoms with Crippen LogP contribution in [0.1, 0.15) is 60.7 Å². The molecule has 0 fully saturated rings. The molecule has 3 rings (SSSR count). The van der Waals surface area contributed by atoms with Gasteiger partial charge in [-0.25, -0.2) is 4.79 Å². The number of rotatable bonds is 6. The van der Waals surface area contributed by atoms with Gasteiger partial charge in [0.1, 0.15) is 11.5 Å². The number of allylic oxidation sites excluding steroid dienone is 2. The largest absolute Gasteiger partial charge is 0.496 e. The zero-order valence-corrected chi connectivity index (χ0v) is 16.8. The maximum Gasteiger partial charge on any atom is 0.337 e. The van der Waals surface area contributed by atoms with Gasteiger partial charge in [-0.3, -0.25) is 14.4 Å². The molecule has 1 aromatic carbocycles. The highest BCUT2D eigenvalue weighted by molar-refractivity contribution is 6.37. The summed E-state index contributed by atoms with van der Waals surface area (Å²) in [4.78, 5) is 51.1. The Kier molecular flexibility index (Phi) is 5.42. The highest BCUT2D eigenvalue weighted by Gasteiger charge is 2.39. The van der Waals surface area contributed by atoms with Gasteiger partial charge < -0.3 is 14.2 Å². The van der Waals surface area contributed by atoms with Crippen molar-refractivity contribution in [2.24, 2.45) is 0 Å². The lowest BCUT2D eigenvalue weighted by molar-refractivity contribution is -0.205. The number of methoxy groups -OCH3 is 1. The van der Waals surface area contributed by atoms with Gasteiger partial charge in [0.15, 0.2) is 11.6 Å². The molecule has 152 valence electrons. The molecular weight excluding hydrogens is 376 g/mol. The minimum absolute atomic E-state index is 0.0194. The number of carbonyl (C=O) groups excluding carboxylic acids is 4. The number of ketones is 3. The van der Waals surface area contributed by atoms with Gasteiger partial charge in [-0.2, -0.15) is 0 Å². The summed E-state index contributed by atoms with van der Waals surface area (Å²) < 4.78 is 15.9. The number of carbonyl (C=O) groups is 4. The van der Waals surface area contributed by atoms with Crippen LogP contribution in [0.15, 0.2) is 41.2 Å². The van der Waals surface area contributed by atoms with E-state index in [-0.39, 0.29) is 46.6 Å². The highest BCUT2D eigenvalue weighted by atomic mass is 16.7. The number of ether oxygens (including phenoxy) is 3. The summed E-state index contributed by atoms with van der Waals surface area (Å²) in [7, 11) is 1.40. The molecule has 0 spiro atoms. The molecule has 2 aliphatic rings. The number of Topliss-reactive ketones (excluding diaryl/α,β-unsaturated/α-hetero) is 3. The topological polar surface area (TPSA) is 96.0 Å². The Morgan fingerprint density at radius 1 is 1.10 bits per heavy atom. The quantitative estimate of drug-likeness (QED) is 0.536. The first-order valence-corrected chi connectivity index (χ1v) is 9.33. The normalized spacial score (nSPS) is 17.9. The summed E-state index contributed by atoms with van der Waals surface area (Å²) in [5, 5.41) is 0. The Morgan fingerprint density at radius 3 is 2.45 bits per heavy atom. The number of esters is 1. The van der Waals surface area contributed by atoms with Crippen molar-refractivity contribution in [3.05, 3.63) is 52.3 Å². The number of fused-ring (bicyclic) bond motifs is 1. The van der Waals surface area contributed by atoms with Crippen LogP contribution < -0.4 is 4.74 Å². The molecule has 7 heteroatoms. The fourth-order valence-corrected chi connectivity index (χ4v) is 3.51. The van der Waals surface area contributed by atoms with Crippen LogP contribution in [0.4, 0.5) is 0 Å². The van der Waals surface area contributed by atoms with Crippen LogP contribution in [0.3, 0.4) is 0 Å². The molecule has 0 N–H and O–H groups in total. The molecule has 1 aliphatic carbocycles. The smallest absolute Gasteiger partial charge is 0.337 e. The van der Waals surface area contributed by atoms with Gasteiger partial charge in [-0.05, 0) is 12.5 Å². The van der Waals surface area contributed by atoms with Crippen LogP contribution in [0, 0.1) is 0 Å². The number of hydrogen-bond acceptors (Lipinski definition) is 7. The molecule has 0 unspecified atom stereocenters. The van der Waals surface area contributed by atoms with E-state index in [9.17, 15) is 19.2 Å². The molecule has 0 bridgehead atoms. The predicted molar refractivity (Wildman–Crippen MR) is 103 cm³/mol. The molecule has 0 saturated heterocycles. The Balaban J connectivity index is 2.14. The maximum absolute atomic E-state index is 13.2. The van der Waals surface area contributed by atoms with Crippen LogP contribution in [0.25, 0.3) is 0 Å². The van der Waals surface area contributed by atoms with Crippen LogP contribution in [-0.4, -0.2) is 36.2 Å². The average Bonchev–Trinajstić information content (AvgIpc) is 2.63. The van der Waals surface area contributed by atoms with Gasteiger partial charge in [0.2, 0.25) is 11.6 Å². The average molecular weight is 398 g/mol. The molecular formula is C22H22O7. The third kappa shape index (κ3) is 3.85. The molecule has 0 aromatic heterocycles. The molecule has 29 heavy (non-hydrogen) atoms. The zero-order valence-electron chi connectivity index (χ0n) is 16.8. The SMILES string of the molecule is CCCC(=O)C1=C(CC2=CC(=O)OC(C)(C)O2)C(=O)c2cccc(OC)c2C1=O. The van der Waals surface area contributed by atoms with Crippen molar-refractivity contribution in [3.8, 4) is 5.75 Å². The predicted octanol–water partition coefficient (Wildman–Crippen LogP) is 3.32.